The van der Waals surface area contributed by atoms with E-state index in [0.29, 0.717) is 12.3 Å². The molecule has 0 aliphatic heterocycles. The highest BCUT2D eigenvalue weighted by atomic mass is 16.1. The Bertz CT molecular complexity index is 181. The maximum absolute atomic E-state index is 10.5. The van der Waals surface area contributed by atoms with Crippen molar-refractivity contribution in [1.82, 2.24) is 0 Å². The van der Waals surface area contributed by atoms with Crippen LogP contribution in [0.4, 0.5) is 0 Å². The van der Waals surface area contributed by atoms with E-state index in [1.54, 1.807) is 0 Å². The summed E-state index contributed by atoms with van der Waals surface area (Å²) in [5, 5.41) is 0. The summed E-state index contributed by atoms with van der Waals surface area (Å²) in [5.41, 5.74) is 11.0. The van der Waals surface area contributed by atoms with Crippen LogP contribution in [0, 0.1) is 11.3 Å². The first-order valence-electron chi connectivity index (χ1n) is 4.00. The van der Waals surface area contributed by atoms with Crippen molar-refractivity contribution in [3.8, 4) is 0 Å². The van der Waals surface area contributed by atoms with Gasteiger partial charge in [0.15, 0.2) is 0 Å². The molecule has 0 aromatic heterocycles. The number of carbonyl (C=O) groups excluding carboxylic acids is 1. The third-order valence-electron chi connectivity index (χ3n) is 2.98. The second-order valence-corrected chi connectivity index (χ2v) is 3.89. The minimum Gasteiger partial charge on any atom is -0.370 e. The fourth-order valence-corrected chi connectivity index (χ4v) is 1.57. The zero-order valence-corrected chi connectivity index (χ0v) is 7.13. The standard InChI is InChI=1S/C8H16N2O/c1-5-4-8(5,2)6(9)3-7(10)11/h5-6H,3-4,9H2,1-2H3,(H2,10,11). The van der Waals surface area contributed by atoms with Crippen LogP contribution in [0.15, 0.2) is 0 Å². The van der Waals surface area contributed by atoms with E-state index < -0.39 is 0 Å². The van der Waals surface area contributed by atoms with Crippen LogP contribution in [0.3, 0.4) is 0 Å². The molecule has 0 radical (unpaired) electrons. The highest BCUT2D eigenvalue weighted by Gasteiger charge is 2.50. The fourth-order valence-electron chi connectivity index (χ4n) is 1.57. The molecule has 3 nitrogen and oxygen atoms in total. The van der Waals surface area contributed by atoms with Crippen LogP contribution >= 0.6 is 0 Å². The quantitative estimate of drug-likeness (QED) is 0.614. The lowest BCUT2D eigenvalue weighted by Gasteiger charge is -2.17. The molecule has 0 aromatic carbocycles. The summed E-state index contributed by atoms with van der Waals surface area (Å²) in [4.78, 5) is 10.5. The normalized spacial score (nSPS) is 38.3. The number of amides is 1. The number of hydrogen-bond acceptors (Lipinski definition) is 2. The Kier molecular flexibility index (Phi) is 1.92. The van der Waals surface area contributed by atoms with Crippen LogP contribution in [0.5, 0.6) is 0 Å². The van der Waals surface area contributed by atoms with E-state index in [1.807, 2.05) is 0 Å². The number of hydrogen-bond donors (Lipinski definition) is 2. The molecule has 64 valence electrons. The van der Waals surface area contributed by atoms with E-state index in [-0.39, 0.29) is 17.4 Å². The molecule has 0 saturated heterocycles. The molecule has 1 saturated carbocycles. The van der Waals surface area contributed by atoms with Gasteiger partial charge in [0.25, 0.3) is 0 Å². The molecule has 3 atom stereocenters. The third kappa shape index (κ3) is 1.53. The minimum atomic E-state index is -0.294. The van der Waals surface area contributed by atoms with Crippen LogP contribution in [0.1, 0.15) is 26.7 Å². The van der Waals surface area contributed by atoms with Gasteiger partial charge in [-0.2, -0.15) is 0 Å². The molecule has 1 aliphatic carbocycles. The molecule has 1 rings (SSSR count). The Hall–Kier alpha value is -0.570. The maximum Gasteiger partial charge on any atom is 0.218 e. The summed E-state index contributed by atoms with van der Waals surface area (Å²) in [6.45, 7) is 4.27. The summed E-state index contributed by atoms with van der Waals surface area (Å²) < 4.78 is 0. The molecular weight excluding hydrogens is 140 g/mol. The van der Waals surface area contributed by atoms with Gasteiger partial charge >= 0.3 is 0 Å². The summed E-state index contributed by atoms with van der Waals surface area (Å²) in [5.74, 6) is 0.356. The smallest absolute Gasteiger partial charge is 0.218 e. The lowest BCUT2D eigenvalue weighted by Crippen LogP contribution is -2.35. The van der Waals surface area contributed by atoms with Gasteiger partial charge in [0.2, 0.25) is 5.91 Å². The Morgan fingerprint density at radius 2 is 2.27 bits per heavy atom. The predicted octanol–water partition coefficient (Wildman–Crippen LogP) is 0.235. The van der Waals surface area contributed by atoms with Crippen LogP contribution in [0.2, 0.25) is 0 Å². The number of rotatable bonds is 3. The Balaban J connectivity index is 2.43. The van der Waals surface area contributed by atoms with E-state index >= 15 is 0 Å². The van der Waals surface area contributed by atoms with Crippen molar-refractivity contribution in [3.63, 3.8) is 0 Å². The van der Waals surface area contributed by atoms with Gasteiger partial charge in [-0.25, -0.2) is 0 Å². The monoisotopic (exact) mass is 156 g/mol. The average molecular weight is 156 g/mol. The van der Waals surface area contributed by atoms with Gasteiger partial charge in [-0.1, -0.05) is 13.8 Å². The first-order chi connectivity index (χ1) is 4.97. The van der Waals surface area contributed by atoms with Crippen molar-refractivity contribution >= 4 is 5.91 Å². The number of nitrogens with two attached hydrogens (primary N) is 2. The van der Waals surface area contributed by atoms with Crippen molar-refractivity contribution in [1.29, 1.82) is 0 Å². The molecule has 1 amide bonds. The minimum absolute atomic E-state index is 0.0463. The van der Waals surface area contributed by atoms with Crippen molar-refractivity contribution in [2.45, 2.75) is 32.7 Å². The van der Waals surface area contributed by atoms with E-state index in [4.69, 9.17) is 11.5 Å². The zero-order valence-electron chi connectivity index (χ0n) is 7.13. The number of primary amides is 1. The van der Waals surface area contributed by atoms with Gasteiger partial charge in [0.1, 0.15) is 0 Å². The first kappa shape index (κ1) is 8.53. The van der Waals surface area contributed by atoms with Crippen molar-refractivity contribution < 1.29 is 4.79 Å². The topological polar surface area (TPSA) is 69.1 Å². The molecule has 0 bridgehead atoms. The van der Waals surface area contributed by atoms with Crippen LogP contribution in [-0.2, 0) is 4.79 Å². The van der Waals surface area contributed by atoms with Gasteiger partial charge in [-0.15, -0.1) is 0 Å². The summed E-state index contributed by atoms with van der Waals surface area (Å²) in [7, 11) is 0. The van der Waals surface area contributed by atoms with Crippen LogP contribution in [-0.4, -0.2) is 11.9 Å². The van der Waals surface area contributed by atoms with Gasteiger partial charge < -0.3 is 11.5 Å². The zero-order chi connectivity index (χ0) is 8.65. The molecular formula is C8H16N2O. The third-order valence-corrected chi connectivity index (χ3v) is 2.98. The molecule has 3 unspecified atom stereocenters. The molecule has 1 fully saturated rings. The van der Waals surface area contributed by atoms with Crippen LogP contribution < -0.4 is 11.5 Å². The van der Waals surface area contributed by atoms with Gasteiger partial charge in [0.05, 0.1) is 0 Å². The van der Waals surface area contributed by atoms with E-state index in [9.17, 15) is 4.79 Å². The molecule has 4 N–H and O–H groups in total. The van der Waals surface area contributed by atoms with Crippen LogP contribution in [0.25, 0.3) is 0 Å². The van der Waals surface area contributed by atoms with E-state index in [0.717, 1.165) is 6.42 Å². The van der Waals surface area contributed by atoms with Gasteiger partial charge in [-0.3, -0.25) is 4.79 Å². The highest BCUT2D eigenvalue weighted by molar-refractivity contribution is 5.74. The van der Waals surface area contributed by atoms with Gasteiger partial charge in [-0.05, 0) is 17.8 Å². The van der Waals surface area contributed by atoms with Gasteiger partial charge in [0, 0.05) is 12.5 Å². The Morgan fingerprint density at radius 1 is 1.82 bits per heavy atom. The second-order valence-electron chi connectivity index (χ2n) is 3.89. The molecule has 3 heteroatoms. The van der Waals surface area contributed by atoms with Crippen molar-refractivity contribution in [3.05, 3.63) is 0 Å². The second kappa shape index (κ2) is 2.48. The Morgan fingerprint density at radius 3 is 2.55 bits per heavy atom. The number of carbonyl (C=O) groups is 1. The van der Waals surface area contributed by atoms with Crippen molar-refractivity contribution in [2.24, 2.45) is 22.8 Å². The molecule has 0 aromatic rings. The van der Waals surface area contributed by atoms with Crippen molar-refractivity contribution in [2.75, 3.05) is 0 Å². The van der Waals surface area contributed by atoms with E-state index in [1.165, 1.54) is 0 Å². The summed E-state index contributed by atoms with van der Waals surface area (Å²) in [6, 6.07) is -0.0463. The molecule has 0 heterocycles. The highest BCUT2D eigenvalue weighted by Crippen LogP contribution is 2.54. The predicted molar refractivity (Wildman–Crippen MR) is 43.7 cm³/mol. The lowest BCUT2D eigenvalue weighted by atomic mass is 9.94. The Labute approximate surface area is 67.1 Å². The summed E-state index contributed by atoms with van der Waals surface area (Å²) in [6.07, 6.45) is 1.45. The largest absolute Gasteiger partial charge is 0.370 e. The first-order valence-corrected chi connectivity index (χ1v) is 4.00. The molecule has 11 heavy (non-hydrogen) atoms. The SMILES string of the molecule is CC1CC1(C)C(N)CC(N)=O. The molecule has 1 aliphatic rings. The lowest BCUT2D eigenvalue weighted by molar-refractivity contribution is -0.118. The fraction of sp³-hybridized carbons (Fsp3) is 0.875. The average Bonchev–Trinajstić information content (AvgIpc) is 2.40. The molecule has 0 spiro atoms. The maximum atomic E-state index is 10.5. The van der Waals surface area contributed by atoms with E-state index in [2.05, 4.69) is 13.8 Å². The summed E-state index contributed by atoms with van der Waals surface area (Å²) >= 11 is 0.